The maximum atomic E-state index is 11.8. The zero-order valence-corrected chi connectivity index (χ0v) is 15.3. The van der Waals surface area contributed by atoms with Crippen LogP contribution < -0.4 is 5.32 Å². The molecule has 0 saturated carbocycles. The lowest BCUT2D eigenvalue weighted by Gasteiger charge is -2.20. The minimum absolute atomic E-state index is 0.0370. The monoisotopic (exact) mass is 363 g/mol. The van der Waals surface area contributed by atoms with E-state index in [1.54, 1.807) is 7.11 Å². The average Bonchev–Trinajstić information content (AvgIpc) is 2.65. The first-order chi connectivity index (χ1) is 12.3. The second kappa shape index (κ2) is 16.7. The summed E-state index contributed by atoms with van der Waals surface area (Å²) in [5.74, 6) is -0.0698. The van der Waals surface area contributed by atoms with Crippen LogP contribution in [0.15, 0.2) is 0 Å². The number of nitrogens with one attached hydrogen (secondary N) is 1. The Morgan fingerprint density at radius 1 is 0.760 bits per heavy atom. The summed E-state index contributed by atoms with van der Waals surface area (Å²) in [5.41, 5.74) is 0. The fourth-order valence-corrected chi connectivity index (χ4v) is 2.28. The van der Waals surface area contributed by atoms with Gasteiger partial charge in [-0.1, -0.05) is 0 Å². The molecule has 25 heavy (non-hydrogen) atoms. The van der Waals surface area contributed by atoms with Crippen molar-refractivity contribution in [1.82, 2.24) is 5.32 Å². The Morgan fingerprint density at radius 3 is 1.68 bits per heavy atom. The predicted octanol–water partition coefficient (Wildman–Crippen LogP) is 0.242. The molecule has 0 aliphatic carbocycles. The molecule has 8 nitrogen and oxygen atoms in total. The number of rotatable bonds is 16. The van der Waals surface area contributed by atoms with Gasteiger partial charge in [0.05, 0.1) is 65.4 Å². The Morgan fingerprint density at radius 2 is 1.20 bits per heavy atom. The fraction of sp³-hybridized carbons (Fsp3) is 0.941. The minimum atomic E-state index is -0.107. The van der Waals surface area contributed by atoms with Crippen molar-refractivity contribution in [3.63, 3.8) is 0 Å². The smallest absolute Gasteiger partial charge is 0.309 e. The van der Waals surface area contributed by atoms with Crippen molar-refractivity contribution < 1.29 is 33.2 Å². The molecule has 0 spiro atoms. The molecule has 1 fully saturated rings. The highest BCUT2D eigenvalue weighted by molar-refractivity contribution is 5.72. The summed E-state index contributed by atoms with van der Waals surface area (Å²) in [5, 5.41) is 3.23. The summed E-state index contributed by atoms with van der Waals surface area (Å²) < 4.78 is 31.4. The summed E-state index contributed by atoms with van der Waals surface area (Å²) in [4.78, 5) is 11.8. The number of hydrogen-bond acceptors (Lipinski definition) is 8. The van der Waals surface area contributed by atoms with Crippen LogP contribution >= 0.6 is 0 Å². The van der Waals surface area contributed by atoms with Gasteiger partial charge in [-0.3, -0.25) is 4.79 Å². The number of methoxy groups -OCH3 is 1. The number of ether oxygens (including phenoxy) is 6. The molecule has 0 atom stereocenters. The Hall–Kier alpha value is -0.770. The Kier molecular flexibility index (Phi) is 14.9. The lowest BCUT2D eigenvalue weighted by Crippen LogP contribution is -2.33. The van der Waals surface area contributed by atoms with Crippen molar-refractivity contribution in [3.05, 3.63) is 0 Å². The van der Waals surface area contributed by atoms with E-state index in [0.29, 0.717) is 66.1 Å². The van der Waals surface area contributed by atoms with Crippen LogP contribution in [-0.2, 0) is 33.2 Å². The molecule has 8 heteroatoms. The molecule has 1 heterocycles. The van der Waals surface area contributed by atoms with Crippen LogP contribution in [0, 0.1) is 5.92 Å². The minimum Gasteiger partial charge on any atom is -0.463 e. The molecule has 1 rings (SSSR count). The molecule has 0 aromatic heterocycles. The van der Waals surface area contributed by atoms with Gasteiger partial charge in [0.1, 0.15) is 6.61 Å². The lowest BCUT2D eigenvalue weighted by molar-refractivity contribution is -0.151. The van der Waals surface area contributed by atoms with Gasteiger partial charge in [-0.05, 0) is 25.9 Å². The average molecular weight is 363 g/mol. The van der Waals surface area contributed by atoms with E-state index < -0.39 is 0 Å². The van der Waals surface area contributed by atoms with Crippen LogP contribution in [0.4, 0.5) is 0 Å². The van der Waals surface area contributed by atoms with Gasteiger partial charge in [0.2, 0.25) is 0 Å². The van der Waals surface area contributed by atoms with Gasteiger partial charge in [-0.2, -0.15) is 0 Å². The maximum absolute atomic E-state index is 11.8. The van der Waals surface area contributed by atoms with Crippen molar-refractivity contribution in [1.29, 1.82) is 0 Å². The zero-order valence-electron chi connectivity index (χ0n) is 15.3. The molecule has 0 aromatic carbocycles. The molecule has 0 amide bonds. The predicted molar refractivity (Wildman–Crippen MR) is 91.7 cm³/mol. The maximum Gasteiger partial charge on any atom is 0.309 e. The third-order valence-electron chi connectivity index (χ3n) is 3.69. The summed E-state index contributed by atoms with van der Waals surface area (Å²) in [6.45, 7) is 6.78. The molecule has 0 aromatic rings. The molecule has 1 N–H and O–H groups in total. The SMILES string of the molecule is COCCOCCOCCOCCOCCOC(=O)C1CCNCC1. The first-order valence-corrected chi connectivity index (χ1v) is 9.02. The van der Waals surface area contributed by atoms with E-state index in [1.807, 2.05) is 0 Å². The highest BCUT2D eigenvalue weighted by atomic mass is 16.6. The lowest BCUT2D eigenvalue weighted by atomic mass is 9.99. The molecule has 1 saturated heterocycles. The second-order valence-electron chi connectivity index (χ2n) is 5.63. The third kappa shape index (κ3) is 13.1. The molecular weight excluding hydrogens is 330 g/mol. The van der Waals surface area contributed by atoms with Crippen molar-refractivity contribution in [3.8, 4) is 0 Å². The molecule has 0 unspecified atom stereocenters. The Balaban J connectivity index is 1.73. The normalized spacial score (nSPS) is 15.4. The van der Waals surface area contributed by atoms with Crippen molar-refractivity contribution in [2.24, 2.45) is 5.92 Å². The third-order valence-corrected chi connectivity index (χ3v) is 3.69. The fourth-order valence-electron chi connectivity index (χ4n) is 2.28. The van der Waals surface area contributed by atoms with Gasteiger partial charge in [0.15, 0.2) is 0 Å². The van der Waals surface area contributed by atoms with Gasteiger partial charge in [-0.15, -0.1) is 0 Å². The van der Waals surface area contributed by atoms with E-state index in [9.17, 15) is 4.79 Å². The number of carbonyl (C=O) groups excluding carboxylic acids is 1. The quantitative estimate of drug-likeness (QED) is 0.308. The summed E-state index contributed by atoms with van der Waals surface area (Å²) in [6.07, 6.45) is 1.71. The largest absolute Gasteiger partial charge is 0.463 e. The number of carbonyl (C=O) groups is 1. The van der Waals surface area contributed by atoms with Crippen molar-refractivity contribution in [2.75, 3.05) is 86.3 Å². The van der Waals surface area contributed by atoms with Gasteiger partial charge in [0.25, 0.3) is 0 Å². The van der Waals surface area contributed by atoms with E-state index in [2.05, 4.69) is 5.32 Å². The summed E-state index contributed by atoms with van der Waals surface area (Å²) in [7, 11) is 1.64. The van der Waals surface area contributed by atoms with Crippen molar-refractivity contribution in [2.45, 2.75) is 12.8 Å². The van der Waals surface area contributed by atoms with Crippen LogP contribution in [0.3, 0.4) is 0 Å². The zero-order chi connectivity index (χ0) is 18.0. The standard InChI is InChI=1S/C17H33NO7/c1-20-6-7-21-8-9-22-10-11-23-12-13-24-14-15-25-17(19)16-2-4-18-5-3-16/h16,18H,2-15H2,1H3. The molecule has 1 aliphatic heterocycles. The van der Waals surface area contributed by atoms with E-state index in [-0.39, 0.29) is 11.9 Å². The first-order valence-electron chi connectivity index (χ1n) is 9.02. The van der Waals surface area contributed by atoms with Crippen molar-refractivity contribution >= 4 is 5.97 Å². The van der Waals surface area contributed by atoms with Gasteiger partial charge >= 0.3 is 5.97 Å². The summed E-state index contributed by atoms with van der Waals surface area (Å²) in [6, 6.07) is 0. The summed E-state index contributed by atoms with van der Waals surface area (Å²) >= 11 is 0. The van der Waals surface area contributed by atoms with Crippen LogP contribution in [0.25, 0.3) is 0 Å². The topological polar surface area (TPSA) is 84.5 Å². The second-order valence-corrected chi connectivity index (χ2v) is 5.63. The Bertz CT molecular complexity index is 311. The van der Waals surface area contributed by atoms with E-state index in [0.717, 1.165) is 25.9 Å². The molecule has 148 valence electrons. The van der Waals surface area contributed by atoms with Crippen LogP contribution in [0.5, 0.6) is 0 Å². The van der Waals surface area contributed by atoms with Crippen LogP contribution in [-0.4, -0.2) is 92.2 Å². The van der Waals surface area contributed by atoms with Gasteiger partial charge < -0.3 is 33.7 Å². The van der Waals surface area contributed by atoms with Gasteiger partial charge in [-0.25, -0.2) is 0 Å². The molecule has 0 radical (unpaired) electrons. The first kappa shape index (κ1) is 22.3. The van der Waals surface area contributed by atoms with Crippen LogP contribution in [0.2, 0.25) is 0 Å². The van der Waals surface area contributed by atoms with E-state index in [4.69, 9.17) is 28.4 Å². The Labute approximate surface area is 150 Å². The number of esters is 1. The number of hydrogen-bond donors (Lipinski definition) is 1. The molecular formula is C17H33NO7. The highest BCUT2D eigenvalue weighted by Gasteiger charge is 2.21. The van der Waals surface area contributed by atoms with Crippen LogP contribution in [0.1, 0.15) is 12.8 Å². The van der Waals surface area contributed by atoms with Gasteiger partial charge in [0, 0.05) is 7.11 Å². The number of piperidine rings is 1. The molecule has 1 aliphatic rings. The van der Waals surface area contributed by atoms with E-state index >= 15 is 0 Å². The molecule has 0 bridgehead atoms. The highest BCUT2D eigenvalue weighted by Crippen LogP contribution is 2.13. The van der Waals surface area contributed by atoms with E-state index in [1.165, 1.54) is 0 Å².